The van der Waals surface area contributed by atoms with Crippen LogP contribution in [-0.4, -0.2) is 16.5 Å². The first-order chi connectivity index (χ1) is 10.1. The van der Waals surface area contributed by atoms with Crippen LogP contribution in [-0.2, 0) is 6.42 Å². The molecule has 1 heterocycles. The van der Waals surface area contributed by atoms with Crippen LogP contribution in [0.5, 0.6) is 0 Å². The van der Waals surface area contributed by atoms with Gasteiger partial charge in [-0.3, -0.25) is 0 Å². The summed E-state index contributed by atoms with van der Waals surface area (Å²) in [6.07, 6.45) is 1.04. The fraction of sp³-hybridized carbons (Fsp3) is 0.412. The molecule has 1 aliphatic carbocycles. The maximum atomic E-state index is 4.84. The average Bonchev–Trinajstić information content (AvgIpc) is 2.43. The quantitative estimate of drug-likeness (QED) is 0.887. The Kier molecular flexibility index (Phi) is 3.98. The van der Waals surface area contributed by atoms with Crippen molar-refractivity contribution in [2.75, 3.05) is 11.9 Å². The summed E-state index contributed by atoms with van der Waals surface area (Å²) in [5, 5.41) is 3.34. The van der Waals surface area contributed by atoms with E-state index in [4.69, 9.17) is 9.97 Å². The highest BCUT2D eigenvalue weighted by atomic mass is 79.9. The number of benzene rings is 1. The van der Waals surface area contributed by atoms with E-state index < -0.39 is 0 Å². The van der Waals surface area contributed by atoms with Crippen LogP contribution >= 0.6 is 15.9 Å². The van der Waals surface area contributed by atoms with Crippen LogP contribution in [0.1, 0.15) is 55.3 Å². The molecule has 0 amide bonds. The van der Waals surface area contributed by atoms with Crippen molar-refractivity contribution in [3.05, 3.63) is 51.4 Å². The summed E-state index contributed by atoms with van der Waals surface area (Å²) >= 11 is 3.65. The van der Waals surface area contributed by atoms with Crippen LogP contribution in [0.2, 0.25) is 0 Å². The van der Waals surface area contributed by atoms with E-state index in [9.17, 15) is 0 Å². The van der Waals surface area contributed by atoms with Crippen molar-refractivity contribution in [3.8, 4) is 0 Å². The second-order valence-corrected chi connectivity index (χ2v) is 6.56. The molecule has 0 bridgehead atoms. The normalized spacial score (nSPS) is 16.5. The first-order valence-corrected chi connectivity index (χ1v) is 8.30. The Morgan fingerprint density at radius 2 is 2.05 bits per heavy atom. The maximum absolute atomic E-state index is 4.84. The van der Waals surface area contributed by atoms with E-state index in [1.165, 1.54) is 11.1 Å². The Balaban J connectivity index is 2.04. The SMILES string of the molecule is CCNc1nc(C2Cc3ccccc32)nc(C(C)C)c1Br. The summed E-state index contributed by atoms with van der Waals surface area (Å²) in [5.41, 5.74) is 3.88. The molecule has 0 saturated heterocycles. The number of nitrogens with zero attached hydrogens (tertiary/aromatic N) is 2. The summed E-state index contributed by atoms with van der Waals surface area (Å²) in [5.74, 6) is 2.56. The van der Waals surface area contributed by atoms with Crippen LogP contribution < -0.4 is 5.32 Å². The molecule has 0 fully saturated rings. The Morgan fingerprint density at radius 1 is 1.29 bits per heavy atom. The van der Waals surface area contributed by atoms with Gasteiger partial charge in [-0.1, -0.05) is 38.1 Å². The van der Waals surface area contributed by atoms with Crippen molar-refractivity contribution < 1.29 is 0 Å². The van der Waals surface area contributed by atoms with E-state index >= 15 is 0 Å². The predicted octanol–water partition coefficient (Wildman–Crippen LogP) is 4.48. The molecule has 1 aromatic heterocycles. The zero-order valence-electron chi connectivity index (χ0n) is 12.7. The van der Waals surface area contributed by atoms with E-state index in [0.717, 1.165) is 34.8 Å². The van der Waals surface area contributed by atoms with Crippen molar-refractivity contribution in [1.82, 2.24) is 9.97 Å². The zero-order chi connectivity index (χ0) is 15.0. The topological polar surface area (TPSA) is 37.8 Å². The second kappa shape index (κ2) is 5.76. The standard InChI is InChI=1S/C17H20BrN3/c1-4-19-17-14(18)15(10(2)3)20-16(21-17)13-9-11-7-5-6-8-12(11)13/h5-8,10,13H,4,9H2,1-3H3,(H,19,20,21). The number of rotatable bonds is 4. The highest BCUT2D eigenvalue weighted by Crippen LogP contribution is 2.40. The van der Waals surface area contributed by atoms with E-state index in [0.29, 0.717) is 11.8 Å². The van der Waals surface area contributed by atoms with Crippen molar-refractivity contribution in [2.24, 2.45) is 0 Å². The third-order valence-corrected chi connectivity index (χ3v) is 4.73. The lowest BCUT2D eigenvalue weighted by Gasteiger charge is -2.29. The summed E-state index contributed by atoms with van der Waals surface area (Å²) in [7, 11) is 0. The predicted molar refractivity (Wildman–Crippen MR) is 90.0 cm³/mol. The van der Waals surface area contributed by atoms with Crippen molar-refractivity contribution in [1.29, 1.82) is 0 Å². The number of hydrogen-bond acceptors (Lipinski definition) is 3. The number of fused-ring (bicyclic) bond motifs is 1. The van der Waals surface area contributed by atoms with Gasteiger partial charge in [0.25, 0.3) is 0 Å². The molecular weight excluding hydrogens is 326 g/mol. The van der Waals surface area contributed by atoms with Crippen LogP contribution in [0.15, 0.2) is 28.7 Å². The lowest BCUT2D eigenvalue weighted by atomic mass is 9.77. The van der Waals surface area contributed by atoms with Gasteiger partial charge in [0.15, 0.2) is 0 Å². The van der Waals surface area contributed by atoms with E-state index in [-0.39, 0.29) is 0 Å². The van der Waals surface area contributed by atoms with Gasteiger partial charge in [-0.25, -0.2) is 9.97 Å². The van der Waals surface area contributed by atoms with E-state index in [1.54, 1.807) is 0 Å². The van der Waals surface area contributed by atoms with Crippen molar-refractivity contribution in [2.45, 2.75) is 39.0 Å². The van der Waals surface area contributed by atoms with Crippen molar-refractivity contribution >= 4 is 21.7 Å². The third kappa shape index (κ3) is 2.57. The summed E-state index contributed by atoms with van der Waals surface area (Å²) in [6.45, 7) is 7.28. The second-order valence-electron chi connectivity index (χ2n) is 5.77. The molecule has 3 rings (SSSR count). The first kappa shape index (κ1) is 14.5. The van der Waals surface area contributed by atoms with Gasteiger partial charge in [0, 0.05) is 12.5 Å². The van der Waals surface area contributed by atoms with Gasteiger partial charge in [-0.05, 0) is 46.3 Å². The first-order valence-electron chi connectivity index (χ1n) is 7.50. The van der Waals surface area contributed by atoms with Crippen LogP contribution in [0, 0.1) is 0 Å². The molecule has 0 aliphatic heterocycles. The Morgan fingerprint density at radius 3 is 2.71 bits per heavy atom. The maximum Gasteiger partial charge on any atom is 0.144 e. The van der Waals surface area contributed by atoms with Gasteiger partial charge in [-0.2, -0.15) is 0 Å². The molecule has 21 heavy (non-hydrogen) atoms. The number of hydrogen-bond donors (Lipinski definition) is 1. The van der Waals surface area contributed by atoms with E-state index in [1.807, 2.05) is 0 Å². The fourth-order valence-electron chi connectivity index (χ4n) is 2.79. The highest BCUT2D eigenvalue weighted by Gasteiger charge is 2.30. The minimum atomic E-state index is 0.337. The number of aromatic nitrogens is 2. The van der Waals surface area contributed by atoms with Gasteiger partial charge in [0.05, 0.1) is 10.2 Å². The molecular formula is C17H20BrN3. The van der Waals surface area contributed by atoms with Gasteiger partial charge >= 0.3 is 0 Å². The lowest BCUT2D eigenvalue weighted by Crippen LogP contribution is -2.22. The molecule has 1 atom stereocenters. The molecule has 0 saturated carbocycles. The summed E-state index contributed by atoms with van der Waals surface area (Å²) in [6, 6.07) is 8.58. The molecule has 0 radical (unpaired) electrons. The Hall–Kier alpha value is -1.42. The summed E-state index contributed by atoms with van der Waals surface area (Å²) in [4.78, 5) is 9.59. The van der Waals surface area contributed by atoms with Gasteiger partial charge < -0.3 is 5.32 Å². The smallest absolute Gasteiger partial charge is 0.144 e. The Bertz CT molecular complexity index is 667. The number of nitrogens with one attached hydrogen (secondary N) is 1. The highest BCUT2D eigenvalue weighted by molar-refractivity contribution is 9.10. The third-order valence-electron chi connectivity index (χ3n) is 3.95. The molecule has 2 aromatic rings. The zero-order valence-corrected chi connectivity index (χ0v) is 14.2. The average molecular weight is 346 g/mol. The number of halogens is 1. The monoisotopic (exact) mass is 345 g/mol. The summed E-state index contributed by atoms with van der Waals surface area (Å²) < 4.78 is 0.996. The molecule has 1 aromatic carbocycles. The number of anilines is 1. The Labute approximate surface area is 134 Å². The molecule has 3 nitrogen and oxygen atoms in total. The molecule has 1 unspecified atom stereocenters. The molecule has 110 valence electrons. The lowest BCUT2D eigenvalue weighted by molar-refractivity contribution is 0.645. The largest absolute Gasteiger partial charge is 0.369 e. The van der Waals surface area contributed by atoms with Crippen molar-refractivity contribution in [3.63, 3.8) is 0 Å². The minimum absolute atomic E-state index is 0.337. The van der Waals surface area contributed by atoms with Crippen LogP contribution in [0.4, 0.5) is 5.82 Å². The minimum Gasteiger partial charge on any atom is -0.369 e. The molecule has 1 N–H and O–H groups in total. The molecule has 4 heteroatoms. The fourth-order valence-corrected chi connectivity index (χ4v) is 3.57. The van der Waals surface area contributed by atoms with Crippen LogP contribution in [0.25, 0.3) is 0 Å². The van der Waals surface area contributed by atoms with E-state index in [2.05, 4.69) is 66.3 Å². The molecule has 1 aliphatic rings. The van der Waals surface area contributed by atoms with Crippen LogP contribution in [0.3, 0.4) is 0 Å². The molecule has 0 spiro atoms. The van der Waals surface area contributed by atoms with Gasteiger partial charge in [-0.15, -0.1) is 0 Å². The van der Waals surface area contributed by atoms with Gasteiger partial charge in [0.1, 0.15) is 11.6 Å². The van der Waals surface area contributed by atoms with Gasteiger partial charge in [0.2, 0.25) is 0 Å².